The van der Waals surface area contributed by atoms with E-state index in [0.29, 0.717) is 37.1 Å². The molecule has 0 aliphatic carbocycles. The lowest BCUT2D eigenvalue weighted by Crippen LogP contribution is -2.45. The Bertz CT molecular complexity index is 1260. The normalized spacial score (nSPS) is 27.1. The zero-order chi connectivity index (χ0) is 24.6. The summed E-state index contributed by atoms with van der Waals surface area (Å²) in [6.45, 7) is 2.54. The van der Waals surface area contributed by atoms with Crippen LogP contribution < -0.4 is 4.90 Å². The van der Waals surface area contributed by atoms with Gasteiger partial charge >= 0.3 is 0 Å². The number of piperidine rings is 1. The lowest BCUT2D eigenvalue weighted by atomic mass is 10.0. The number of halogens is 2. The molecule has 7 nitrogen and oxygen atoms in total. The number of sulfonamides is 1. The second kappa shape index (κ2) is 9.66. The van der Waals surface area contributed by atoms with Gasteiger partial charge < -0.3 is 9.47 Å². The Kier molecular flexibility index (Phi) is 6.59. The van der Waals surface area contributed by atoms with Gasteiger partial charge in [0.25, 0.3) is 0 Å². The number of hydrogen-bond acceptors (Lipinski definition) is 5. The highest BCUT2D eigenvalue weighted by Gasteiger charge is 2.40. The highest BCUT2D eigenvalue weighted by atomic mass is 32.2. The first kappa shape index (κ1) is 23.9. The van der Waals surface area contributed by atoms with Crippen molar-refractivity contribution < 1.29 is 17.2 Å². The monoisotopic (exact) mass is 501 g/mol. The van der Waals surface area contributed by atoms with Crippen LogP contribution in [0.4, 0.5) is 14.5 Å². The van der Waals surface area contributed by atoms with Crippen molar-refractivity contribution in [3.8, 4) is 0 Å². The van der Waals surface area contributed by atoms with Crippen molar-refractivity contribution in [3.05, 3.63) is 78.1 Å². The second-order valence-corrected chi connectivity index (χ2v) is 11.5. The maximum Gasteiger partial charge on any atom is 0.221 e. The van der Waals surface area contributed by atoms with E-state index in [1.165, 1.54) is 23.0 Å². The summed E-state index contributed by atoms with van der Waals surface area (Å²) in [7, 11) is -3.65. The van der Waals surface area contributed by atoms with Gasteiger partial charge in [0.2, 0.25) is 10.0 Å². The van der Waals surface area contributed by atoms with Crippen LogP contribution in [0, 0.1) is 5.82 Å². The van der Waals surface area contributed by atoms with Gasteiger partial charge in [0.05, 0.1) is 12.6 Å². The van der Waals surface area contributed by atoms with Crippen molar-refractivity contribution in [3.63, 3.8) is 0 Å². The lowest BCUT2D eigenvalue weighted by Gasteiger charge is -2.38. The fourth-order valence-electron chi connectivity index (χ4n) is 5.22. The Morgan fingerprint density at radius 3 is 2.46 bits per heavy atom. The summed E-state index contributed by atoms with van der Waals surface area (Å²) in [6.07, 6.45) is 3.68. The van der Waals surface area contributed by atoms with Crippen LogP contribution >= 0.6 is 0 Å². The summed E-state index contributed by atoms with van der Waals surface area (Å²) < 4.78 is 60.1. The van der Waals surface area contributed by atoms with Gasteiger partial charge in [0.15, 0.2) is 0 Å². The Hall–Kier alpha value is -2.85. The third kappa shape index (κ3) is 4.69. The number of hydrogen-bond donors (Lipinski definition) is 0. The van der Waals surface area contributed by atoms with Crippen molar-refractivity contribution in [2.24, 2.45) is 0 Å². The van der Waals surface area contributed by atoms with E-state index in [2.05, 4.69) is 10.2 Å². The summed E-state index contributed by atoms with van der Waals surface area (Å²) in [5, 5.41) is 6.87. The summed E-state index contributed by atoms with van der Waals surface area (Å²) >= 11 is 0. The van der Waals surface area contributed by atoms with Crippen LogP contribution in [0.3, 0.4) is 0 Å². The molecular formula is C25H29F2N5O2S. The molecule has 5 rings (SSSR count). The number of aromatic nitrogens is 3. The smallest absolute Gasteiger partial charge is 0.221 e. The highest BCUT2D eigenvalue weighted by Crippen LogP contribution is 2.38. The maximum absolute atomic E-state index is 15.2. The largest absolute Gasteiger partial charge is 0.368 e. The van der Waals surface area contributed by atoms with E-state index in [0.717, 1.165) is 5.56 Å². The topological polar surface area (TPSA) is 71.3 Å². The molecule has 35 heavy (non-hydrogen) atoms. The van der Waals surface area contributed by atoms with Crippen molar-refractivity contribution in [1.29, 1.82) is 0 Å². The molecule has 2 aliphatic rings. The zero-order valence-corrected chi connectivity index (χ0v) is 20.4. The van der Waals surface area contributed by atoms with Crippen LogP contribution in [0.2, 0.25) is 0 Å². The molecule has 2 aromatic carbocycles. The maximum atomic E-state index is 15.2. The first-order valence-corrected chi connectivity index (χ1v) is 13.4. The molecule has 0 N–H and O–H groups in total. The summed E-state index contributed by atoms with van der Waals surface area (Å²) in [6, 6.07) is 13.4. The van der Waals surface area contributed by atoms with Crippen molar-refractivity contribution in [2.75, 3.05) is 18.0 Å². The van der Waals surface area contributed by atoms with Gasteiger partial charge in [-0.3, -0.25) is 0 Å². The molecule has 0 amide bonds. The highest BCUT2D eigenvalue weighted by molar-refractivity contribution is 7.89. The van der Waals surface area contributed by atoms with E-state index in [-0.39, 0.29) is 25.2 Å². The van der Waals surface area contributed by atoms with Gasteiger partial charge in [0, 0.05) is 30.4 Å². The summed E-state index contributed by atoms with van der Waals surface area (Å²) in [5.41, 5.74) is 1.66. The third-order valence-electron chi connectivity index (χ3n) is 7.25. The fraction of sp³-hybridized carbons (Fsp3) is 0.440. The molecular weight excluding hydrogens is 472 g/mol. The SMILES string of the molecule is C[C@H]1CC[C@H](c2ccccc2)S(=O)(=O)N1Cc1ccc(N2CC[C@@H](n3cnnc3)[C@@H](F)C2)cc1F. The minimum absolute atomic E-state index is 0.0274. The van der Waals surface area contributed by atoms with Gasteiger partial charge in [0.1, 0.15) is 29.9 Å². The minimum atomic E-state index is -3.65. The van der Waals surface area contributed by atoms with Crippen LogP contribution in [0.1, 0.15) is 48.6 Å². The lowest BCUT2D eigenvalue weighted by molar-refractivity contribution is 0.199. The molecule has 3 aromatic rings. The van der Waals surface area contributed by atoms with Gasteiger partial charge in [-0.2, -0.15) is 4.31 Å². The predicted octanol–water partition coefficient (Wildman–Crippen LogP) is 4.26. The molecule has 0 unspecified atom stereocenters. The first-order valence-electron chi connectivity index (χ1n) is 11.9. The first-order chi connectivity index (χ1) is 16.8. The summed E-state index contributed by atoms with van der Waals surface area (Å²) in [4.78, 5) is 1.82. The molecule has 0 saturated carbocycles. The van der Waals surface area contributed by atoms with E-state index < -0.39 is 27.3 Å². The quantitative estimate of drug-likeness (QED) is 0.523. The van der Waals surface area contributed by atoms with Crippen LogP contribution in [-0.4, -0.2) is 52.8 Å². The molecule has 10 heteroatoms. The Balaban J connectivity index is 1.31. The molecule has 186 valence electrons. The Morgan fingerprint density at radius 1 is 1.03 bits per heavy atom. The number of benzene rings is 2. The van der Waals surface area contributed by atoms with Crippen molar-refractivity contribution in [2.45, 2.75) is 56.2 Å². The molecule has 0 radical (unpaired) electrons. The summed E-state index contributed by atoms with van der Waals surface area (Å²) in [5.74, 6) is -0.483. The Labute approximate surface area is 204 Å². The molecule has 0 spiro atoms. The van der Waals surface area contributed by atoms with Crippen LogP contribution in [0.25, 0.3) is 0 Å². The van der Waals surface area contributed by atoms with Crippen LogP contribution in [0.5, 0.6) is 0 Å². The van der Waals surface area contributed by atoms with E-state index in [1.807, 2.05) is 42.2 Å². The minimum Gasteiger partial charge on any atom is -0.368 e. The zero-order valence-electron chi connectivity index (χ0n) is 19.5. The number of rotatable bonds is 5. The average molecular weight is 502 g/mol. The van der Waals surface area contributed by atoms with Gasteiger partial charge in [-0.05, 0) is 43.9 Å². The Morgan fingerprint density at radius 2 is 1.77 bits per heavy atom. The van der Waals surface area contributed by atoms with Crippen molar-refractivity contribution in [1.82, 2.24) is 19.1 Å². The molecule has 2 aliphatic heterocycles. The standard InChI is InChI=1S/C25H29F2N5O2S/c1-18-7-10-25(19-5-3-2-4-6-19)35(33,34)32(18)14-20-8-9-21(13-22(20)26)30-12-11-24(23(27)15-30)31-16-28-29-17-31/h2-6,8-9,13,16-18,23-25H,7,10-12,14-15H2,1H3/t18-,23-,24+,25+/m0/s1. The van der Waals surface area contributed by atoms with Gasteiger partial charge in [-0.1, -0.05) is 36.4 Å². The molecule has 4 atom stereocenters. The molecule has 2 saturated heterocycles. The molecule has 2 fully saturated rings. The van der Waals surface area contributed by atoms with Crippen LogP contribution in [-0.2, 0) is 16.6 Å². The van der Waals surface area contributed by atoms with E-state index in [9.17, 15) is 12.8 Å². The predicted molar refractivity (Wildman–Crippen MR) is 130 cm³/mol. The van der Waals surface area contributed by atoms with Gasteiger partial charge in [-0.15, -0.1) is 10.2 Å². The van der Waals surface area contributed by atoms with Gasteiger partial charge in [-0.25, -0.2) is 17.2 Å². The van der Waals surface area contributed by atoms with E-state index in [4.69, 9.17) is 0 Å². The van der Waals surface area contributed by atoms with E-state index in [1.54, 1.807) is 16.7 Å². The molecule has 3 heterocycles. The van der Waals surface area contributed by atoms with E-state index >= 15 is 4.39 Å². The van der Waals surface area contributed by atoms with Crippen LogP contribution in [0.15, 0.2) is 61.2 Å². The number of anilines is 1. The van der Waals surface area contributed by atoms with Crippen molar-refractivity contribution >= 4 is 15.7 Å². The molecule has 1 aromatic heterocycles. The average Bonchev–Trinajstić information content (AvgIpc) is 3.37. The number of alkyl halides is 1. The molecule has 0 bridgehead atoms. The fourth-order valence-corrected chi connectivity index (χ4v) is 7.41. The third-order valence-corrected chi connectivity index (χ3v) is 9.62. The second-order valence-electron chi connectivity index (χ2n) is 9.42. The number of nitrogens with zero attached hydrogens (tertiary/aromatic N) is 5.